The molecule has 8 nitrogen and oxygen atoms in total. The van der Waals surface area contributed by atoms with Crippen molar-refractivity contribution in [3.8, 4) is 0 Å². The molecule has 1 fully saturated rings. The summed E-state index contributed by atoms with van der Waals surface area (Å²) in [5.41, 5.74) is 1.37. The summed E-state index contributed by atoms with van der Waals surface area (Å²) in [5.74, 6) is -0.0484. The fraction of sp³-hybridized carbons (Fsp3) is 0.556. The maximum atomic E-state index is 12.6. The van der Waals surface area contributed by atoms with Crippen molar-refractivity contribution in [3.05, 3.63) is 23.8 Å². The van der Waals surface area contributed by atoms with E-state index in [4.69, 9.17) is 0 Å². The van der Waals surface area contributed by atoms with E-state index in [1.54, 1.807) is 31.1 Å². The van der Waals surface area contributed by atoms with Gasteiger partial charge in [-0.3, -0.25) is 14.5 Å². The smallest absolute Gasteiger partial charge is 0.240 e. The number of likely N-dealkylation sites (N-methyl/N-ethyl adjacent to an activating group) is 1. The number of likely N-dealkylation sites (tertiary alicyclic amines) is 1. The predicted octanol–water partition coefficient (Wildman–Crippen LogP) is 0.401. The lowest BCUT2D eigenvalue weighted by Crippen LogP contribution is -2.42. The molecule has 1 aromatic rings. The van der Waals surface area contributed by atoms with Crippen molar-refractivity contribution in [1.29, 1.82) is 0 Å². The Morgan fingerprint density at radius 2 is 2.00 bits per heavy atom. The molecule has 0 spiro atoms. The molecule has 2 heterocycles. The van der Waals surface area contributed by atoms with E-state index >= 15 is 0 Å². The van der Waals surface area contributed by atoms with Crippen LogP contribution in [-0.4, -0.2) is 69.8 Å². The summed E-state index contributed by atoms with van der Waals surface area (Å²) >= 11 is 0. The molecule has 0 aliphatic carbocycles. The largest absolute Gasteiger partial charge is 0.349 e. The molecule has 0 radical (unpaired) electrons. The Balaban J connectivity index is 1.60. The molecule has 0 saturated carbocycles. The third-order valence-corrected chi connectivity index (χ3v) is 6.84. The first-order valence-electron chi connectivity index (χ1n) is 9.02. The molecule has 148 valence electrons. The van der Waals surface area contributed by atoms with Gasteiger partial charge in [0, 0.05) is 44.8 Å². The van der Waals surface area contributed by atoms with Crippen molar-refractivity contribution < 1.29 is 18.0 Å². The minimum Gasteiger partial charge on any atom is -0.349 e. The van der Waals surface area contributed by atoms with Crippen LogP contribution >= 0.6 is 0 Å². The van der Waals surface area contributed by atoms with E-state index in [9.17, 15) is 18.0 Å². The average Bonchev–Trinajstić information content (AvgIpc) is 3.14. The molecule has 0 bridgehead atoms. The van der Waals surface area contributed by atoms with Gasteiger partial charge in [-0.1, -0.05) is 0 Å². The predicted molar refractivity (Wildman–Crippen MR) is 102 cm³/mol. The molecule has 2 N–H and O–H groups in total. The fourth-order valence-electron chi connectivity index (χ4n) is 3.63. The van der Waals surface area contributed by atoms with E-state index in [1.807, 2.05) is 7.05 Å². The highest BCUT2D eigenvalue weighted by molar-refractivity contribution is 7.89. The van der Waals surface area contributed by atoms with Gasteiger partial charge in [-0.2, -0.15) is 0 Å². The van der Waals surface area contributed by atoms with Crippen LogP contribution in [0.4, 0.5) is 5.69 Å². The van der Waals surface area contributed by atoms with Gasteiger partial charge in [-0.25, -0.2) is 13.1 Å². The minimum atomic E-state index is -3.66. The molecule has 2 aliphatic heterocycles. The third kappa shape index (κ3) is 4.31. The molecule has 27 heavy (non-hydrogen) atoms. The standard InChI is InChI=1S/C18H26N4O4S/c1-21(2)18(24)10-13-4-5-14(22(13)3)11-19-27(25,26)15-6-7-16-12(8-15)9-17(23)20-16/h6-8,13-14,19H,4-5,9-11H2,1-3H3,(H,20,23)/t13-,14+/m1/s1. The van der Waals surface area contributed by atoms with Crippen LogP contribution in [-0.2, 0) is 26.0 Å². The van der Waals surface area contributed by atoms with E-state index in [2.05, 4.69) is 14.9 Å². The van der Waals surface area contributed by atoms with E-state index in [1.165, 1.54) is 6.07 Å². The van der Waals surface area contributed by atoms with Crippen molar-refractivity contribution in [2.45, 2.75) is 42.7 Å². The number of sulfonamides is 1. The number of benzene rings is 1. The van der Waals surface area contributed by atoms with Crippen LogP contribution in [0.25, 0.3) is 0 Å². The summed E-state index contributed by atoms with van der Waals surface area (Å²) < 4.78 is 27.9. The van der Waals surface area contributed by atoms with Gasteiger partial charge in [0.05, 0.1) is 11.3 Å². The number of fused-ring (bicyclic) bond motifs is 1. The lowest BCUT2D eigenvalue weighted by Gasteiger charge is -2.26. The summed E-state index contributed by atoms with van der Waals surface area (Å²) in [7, 11) is 1.76. The molecule has 2 atom stereocenters. The molecule has 2 amide bonds. The van der Waals surface area contributed by atoms with Gasteiger partial charge in [-0.05, 0) is 43.7 Å². The number of carbonyl (C=O) groups excluding carboxylic acids is 2. The Hall–Kier alpha value is -1.97. The molecule has 2 aliphatic rings. The molecule has 1 aromatic carbocycles. The highest BCUT2D eigenvalue weighted by atomic mass is 32.2. The number of nitrogens with one attached hydrogen (secondary N) is 2. The Morgan fingerprint density at radius 1 is 1.30 bits per heavy atom. The molecular weight excluding hydrogens is 368 g/mol. The number of hydrogen-bond donors (Lipinski definition) is 2. The minimum absolute atomic E-state index is 0.0532. The van der Waals surface area contributed by atoms with Crippen molar-refractivity contribution in [3.63, 3.8) is 0 Å². The molecule has 9 heteroatoms. The zero-order valence-corrected chi connectivity index (χ0v) is 16.7. The van der Waals surface area contributed by atoms with Crippen LogP contribution in [0, 0.1) is 0 Å². The van der Waals surface area contributed by atoms with E-state index in [-0.39, 0.29) is 35.2 Å². The average molecular weight is 394 g/mol. The number of amides is 2. The maximum Gasteiger partial charge on any atom is 0.240 e. The van der Waals surface area contributed by atoms with Crippen molar-refractivity contribution in [2.75, 3.05) is 33.0 Å². The van der Waals surface area contributed by atoms with Crippen LogP contribution < -0.4 is 10.0 Å². The van der Waals surface area contributed by atoms with Crippen molar-refractivity contribution >= 4 is 27.5 Å². The highest BCUT2D eigenvalue weighted by Crippen LogP contribution is 2.27. The summed E-state index contributed by atoms with van der Waals surface area (Å²) in [6, 6.07) is 4.86. The first-order chi connectivity index (χ1) is 12.7. The van der Waals surface area contributed by atoms with Gasteiger partial charge in [0.15, 0.2) is 0 Å². The second kappa shape index (κ2) is 7.57. The van der Waals surface area contributed by atoms with Gasteiger partial charge in [-0.15, -0.1) is 0 Å². The Bertz CT molecular complexity index is 853. The molecule has 0 unspecified atom stereocenters. The van der Waals surface area contributed by atoms with E-state index in [0.29, 0.717) is 24.2 Å². The lowest BCUT2D eigenvalue weighted by atomic mass is 10.1. The van der Waals surface area contributed by atoms with E-state index in [0.717, 1.165) is 12.8 Å². The maximum absolute atomic E-state index is 12.6. The zero-order chi connectivity index (χ0) is 19.8. The van der Waals surface area contributed by atoms with Crippen molar-refractivity contribution in [2.24, 2.45) is 0 Å². The third-order valence-electron chi connectivity index (χ3n) is 5.42. The van der Waals surface area contributed by atoms with Crippen LogP contribution in [0.15, 0.2) is 23.1 Å². The monoisotopic (exact) mass is 394 g/mol. The number of anilines is 1. The molecule has 0 aromatic heterocycles. The topological polar surface area (TPSA) is 98.8 Å². The van der Waals surface area contributed by atoms with Gasteiger partial charge < -0.3 is 10.2 Å². The van der Waals surface area contributed by atoms with Crippen LogP contribution in [0.3, 0.4) is 0 Å². The molecule has 1 saturated heterocycles. The Kier molecular flexibility index (Phi) is 5.55. The second-order valence-corrected chi connectivity index (χ2v) is 9.21. The lowest BCUT2D eigenvalue weighted by molar-refractivity contribution is -0.129. The number of rotatable bonds is 6. The van der Waals surface area contributed by atoms with Gasteiger partial charge in [0.25, 0.3) is 0 Å². The van der Waals surface area contributed by atoms with Crippen LogP contribution in [0.5, 0.6) is 0 Å². The number of nitrogens with zero attached hydrogens (tertiary/aromatic N) is 2. The highest BCUT2D eigenvalue weighted by Gasteiger charge is 2.33. The van der Waals surface area contributed by atoms with Crippen LogP contribution in [0.2, 0.25) is 0 Å². The first kappa shape index (κ1) is 19.8. The van der Waals surface area contributed by atoms with Crippen molar-refractivity contribution in [1.82, 2.24) is 14.5 Å². The van der Waals surface area contributed by atoms with Crippen LogP contribution in [0.1, 0.15) is 24.8 Å². The van der Waals surface area contributed by atoms with Gasteiger partial charge in [0.2, 0.25) is 21.8 Å². The first-order valence-corrected chi connectivity index (χ1v) is 10.5. The summed E-state index contributed by atoms with van der Waals surface area (Å²) in [6.07, 6.45) is 2.35. The number of carbonyl (C=O) groups is 2. The Labute approximate surface area is 160 Å². The zero-order valence-electron chi connectivity index (χ0n) is 15.9. The SMILES string of the molecule is CN(C)C(=O)C[C@H]1CC[C@@H](CNS(=O)(=O)c2ccc3c(c2)CC(=O)N3)N1C. The van der Waals surface area contributed by atoms with E-state index < -0.39 is 10.0 Å². The summed E-state index contributed by atoms with van der Waals surface area (Å²) in [6.45, 7) is 0.291. The Morgan fingerprint density at radius 3 is 2.70 bits per heavy atom. The molecular formula is C18H26N4O4S. The second-order valence-electron chi connectivity index (χ2n) is 7.44. The quantitative estimate of drug-likeness (QED) is 0.728. The fourth-order valence-corrected chi connectivity index (χ4v) is 4.75. The summed E-state index contributed by atoms with van der Waals surface area (Å²) in [4.78, 5) is 27.2. The van der Waals surface area contributed by atoms with Gasteiger partial charge >= 0.3 is 0 Å². The van der Waals surface area contributed by atoms with Gasteiger partial charge in [0.1, 0.15) is 0 Å². The summed E-state index contributed by atoms with van der Waals surface area (Å²) in [5, 5.41) is 2.70. The molecule has 3 rings (SSSR count). The normalized spacial score (nSPS) is 22.6. The number of hydrogen-bond acceptors (Lipinski definition) is 5.